The van der Waals surface area contributed by atoms with Crippen LogP contribution in [0.15, 0.2) is 0 Å². The van der Waals surface area contributed by atoms with Gasteiger partial charge in [-0.25, -0.2) is 4.79 Å². The number of rotatable bonds is 7. The standard InChI is InChI=1S/C17H33N3O2/c1-15-8-2-6-12-20(15)13-7-5-11-18-16(21)19-14-17(22)9-3-4-10-17/h15,22H,2-14H2,1H3,(H2,18,19,21). The molecule has 2 amide bonds. The van der Waals surface area contributed by atoms with E-state index in [0.29, 0.717) is 13.1 Å². The zero-order chi connectivity index (χ0) is 15.8. The van der Waals surface area contributed by atoms with Crippen molar-refractivity contribution < 1.29 is 9.90 Å². The average Bonchev–Trinajstić information content (AvgIpc) is 2.94. The number of hydrogen-bond acceptors (Lipinski definition) is 3. The van der Waals surface area contributed by atoms with Crippen molar-refractivity contribution >= 4 is 6.03 Å². The van der Waals surface area contributed by atoms with Crippen LogP contribution in [0.4, 0.5) is 4.79 Å². The first-order valence-electron chi connectivity index (χ1n) is 9.07. The molecule has 2 aliphatic rings. The number of urea groups is 1. The Morgan fingerprint density at radius 2 is 1.95 bits per heavy atom. The molecule has 1 unspecified atom stereocenters. The van der Waals surface area contributed by atoms with Crippen molar-refractivity contribution in [2.45, 2.75) is 76.4 Å². The van der Waals surface area contributed by atoms with Crippen LogP contribution < -0.4 is 10.6 Å². The first-order chi connectivity index (χ1) is 10.6. The summed E-state index contributed by atoms with van der Waals surface area (Å²) in [6.45, 7) is 5.78. The molecule has 5 heteroatoms. The molecule has 0 bridgehead atoms. The molecule has 0 radical (unpaired) electrons. The molecule has 3 N–H and O–H groups in total. The molecule has 0 aromatic heterocycles. The fourth-order valence-electron chi connectivity index (χ4n) is 3.65. The molecule has 1 heterocycles. The van der Waals surface area contributed by atoms with Crippen LogP contribution in [0.1, 0.15) is 64.7 Å². The van der Waals surface area contributed by atoms with Crippen LogP contribution in [0.3, 0.4) is 0 Å². The molecule has 22 heavy (non-hydrogen) atoms. The Morgan fingerprint density at radius 1 is 1.18 bits per heavy atom. The van der Waals surface area contributed by atoms with E-state index in [0.717, 1.165) is 51.1 Å². The van der Waals surface area contributed by atoms with E-state index in [2.05, 4.69) is 22.5 Å². The number of nitrogens with zero attached hydrogens (tertiary/aromatic N) is 1. The summed E-state index contributed by atoms with van der Waals surface area (Å²) in [5, 5.41) is 15.9. The second-order valence-electron chi connectivity index (χ2n) is 7.13. The van der Waals surface area contributed by atoms with Gasteiger partial charge in [-0.2, -0.15) is 0 Å². The van der Waals surface area contributed by atoms with Crippen molar-refractivity contribution in [1.82, 2.24) is 15.5 Å². The van der Waals surface area contributed by atoms with Gasteiger partial charge in [-0.3, -0.25) is 0 Å². The van der Waals surface area contributed by atoms with E-state index < -0.39 is 5.60 Å². The Kier molecular flexibility index (Phi) is 6.96. The molecule has 5 nitrogen and oxygen atoms in total. The second-order valence-corrected chi connectivity index (χ2v) is 7.13. The zero-order valence-corrected chi connectivity index (χ0v) is 14.1. The summed E-state index contributed by atoms with van der Waals surface area (Å²) in [6.07, 6.45) is 9.91. The minimum Gasteiger partial charge on any atom is -0.388 e. The van der Waals surface area contributed by atoms with Gasteiger partial charge in [0, 0.05) is 19.1 Å². The lowest BCUT2D eigenvalue weighted by Crippen LogP contribution is -2.45. The van der Waals surface area contributed by atoms with E-state index in [-0.39, 0.29) is 6.03 Å². The Balaban J connectivity index is 1.48. The van der Waals surface area contributed by atoms with Gasteiger partial charge in [0.15, 0.2) is 0 Å². The molecule has 1 saturated heterocycles. The highest BCUT2D eigenvalue weighted by molar-refractivity contribution is 5.73. The van der Waals surface area contributed by atoms with Gasteiger partial charge in [0.2, 0.25) is 0 Å². The number of aliphatic hydroxyl groups is 1. The van der Waals surface area contributed by atoms with Crippen molar-refractivity contribution in [1.29, 1.82) is 0 Å². The highest BCUT2D eigenvalue weighted by Gasteiger charge is 2.31. The SMILES string of the molecule is CC1CCCCN1CCCCNC(=O)NCC1(O)CCCC1. The molecule has 128 valence electrons. The summed E-state index contributed by atoms with van der Waals surface area (Å²) in [6, 6.07) is 0.573. The molecule has 2 rings (SSSR count). The maximum Gasteiger partial charge on any atom is 0.314 e. The predicted molar refractivity (Wildman–Crippen MR) is 88.9 cm³/mol. The molecule has 0 aromatic carbocycles. The van der Waals surface area contributed by atoms with Crippen LogP contribution in [-0.2, 0) is 0 Å². The third kappa shape index (κ3) is 5.76. The number of piperidine rings is 1. The van der Waals surface area contributed by atoms with E-state index in [1.165, 1.54) is 25.8 Å². The molecule has 0 aromatic rings. The normalized spacial score (nSPS) is 25.1. The zero-order valence-electron chi connectivity index (χ0n) is 14.1. The Hall–Kier alpha value is -0.810. The van der Waals surface area contributed by atoms with Crippen molar-refractivity contribution in [3.05, 3.63) is 0 Å². The summed E-state index contributed by atoms with van der Waals surface area (Å²) in [5.74, 6) is 0. The lowest BCUT2D eigenvalue weighted by atomic mass is 10.0. The number of amides is 2. The number of nitrogens with one attached hydrogen (secondary N) is 2. The average molecular weight is 311 g/mol. The summed E-state index contributed by atoms with van der Waals surface area (Å²) in [4.78, 5) is 14.3. The maximum atomic E-state index is 11.7. The number of hydrogen-bond donors (Lipinski definition) is 3. The van der Waals surface area contributed by atoms with Crippen LogP contribution in [0.25, 0.3) is 0 Å². The summed E-state index contributed by atoms with van der Waals surface area (Å²) in [5.41, 5.74) is -0.665. The monoisotopic (exact) mass is 311 g/mol. The number of unbranched alkanes of at least 4 members (excludes halogenated alkanes) is 1. The summed E-state index contributed by atoms with van der Waals surface area (Å²) < 4.78 is 0. The minimum absolute atomic E-state index is 0.147. The fraction of sp³-hybridized carbons (Fsp3) is 0.941. The van der Waals surface area contributed by atoms with Gasteiger partial charge in [0.25, 0.3) is 0 Å². The lowest BCUT2D eigenvalue weighted by molar-refractivity contribution is 0.0501. The third-order valence-corrected chi connectivity index (χ3v) is 5.21. The first-order valence-corrected chi connectivity index (χ1v) is 9.07. The van der Waals surface area contributed by atoms with Crippen molar-refractivity contribution in [3.8, 4) is 0 Å². The van der Waals surface area contributed by atoms with Gasteiger partial charge >= 0.3 is 6.03 Å². The van der Waals surface area contributed by atoms with Gasteiger partial charge in [0.05, 0.1) is 5.60 Å². The first kappa shape index (κ1) is 17.5. The van der Waals surface area contributed by atoms with Crippen LogP contribution in [0.2, 0.25) is 0 Å². The molecule has 2 fully saturated rings. The van der Waals surface area contributed by atoms with Crippen LogP contribution in [0.5, 0.6) is 0 Å². The van der Waals surface area contributed by atoms with Gasteiger partial charge in [-0.15, -0.1) is 0 Å². The largest absolute Gasteiger partial charge is 0.388 e. The number of likely N-dealkylation sites (tertiary alicyclic amines) is 1. The Morgan fingerprint density at radius 3 is 2.68 bits per heavy atom. The quantitative estimate of drug-likeness (QED) is 0.632. The van der Waals surface area contributed by atoms with E-state index >= 15 is 0 Å². The second kappa shape index (κ2) is 8.73. The molecule has 1 aliphatic heterocycles. The van der Waals surface area contributed by atoms with Crippen LogP contribution in [0, 0.1) is 0 Å². The maximum absolute atomic E-state index is 11.7. The Labute approximate surface area is 134 Å². The number of carbonyl (C=O) groups excluding carboxylic acids is 1. The molecule has 1 saturated carbocycles. The highest BCUT2D eigenvalue weighted by atomic mass is 16.3. The molecule has 0 spiro atoms. The van der Waals surface area contributed by atoms with Crippen molar-refractivity contribution in [2.75, 3.05) is 26.2 Å². The molecular formula is C17H33N3O2. The molecule has 1 atom stereocenters. The fourth-order valence-corrected chi connectivity index (χ4v) is 3.65. The van der Waals surface area contributed by atoms with Crippen molar-refractivity contribution in [3.63, 3.8) is 0 Å². The predicted octanol–water partition coefficient (Wildman–Crippen LogP) is 2.25. The highest BCUT2D eigenvalue weighted by Crippen LogP contribution is 2.28. The van der Waals surface area contributed by atoms with E-state index in [1.54, 1.807) is 0 Å². The molecule has 1 aliphatic carbocycles. The summed E-state index contributed by atoms with van der Waals surface area (Å²) >= 11 is 0. The summed E-state index contributed by atoms with van der Waals surface area (Å²) in [7, 11) is 0. The van der Waals surface area contributed by atoms with Crippen LogP contribution >= 0.6 is 0 Å². The van der Waals surface area contributed by atoms with Gasteiger partial charge in [0.1, 0.15) is 0 Å². The van der Waals surface area contributed by atoms with Gasteiger partial charge in [-0.05, 0) is 58.5 Å². The van der Waals surface area contributed by atoms with E-state index in [4.69, 9.17) is 0 Å². The topological polar surface area (TPSA) is 64.6 Å². The van der Waals surface area contributed by atoms with E-state index in [1.807, 2.05) is 0 Å². The molecular weight excluding hydrogens is 278 g/mol. The lowest BCUT2D eigenvalue weighted by Gasteiger charge is -2.33. The van der Waals surface area contributed by atoms with Gasteiger partial charge < -0.3 is 20.6 Å². The smallest absolute Gasteiger partial charge is 0.314 e. The van der Waals surface area contributed by atoms with Gasteiger partial charge in [-0.1, -0.05) is 19.3 Å². The number of carbonyl (C=O) groups is 1. The Bertz CT molecular complexity index is 343. The third-order valence-electron chi connectivity index (χ3n) is 5.21. The van der Waals surface area contributed by atoms with Crippen LogP contribution in [-0.4, -0.2) is 53.9 Å². The minimum atomic E-state index is -0.665. The van der Waals surface area contributed by atoms with E-state index in [9.17, 15) is 9.90 Å². The van der Waals surface area contributed by atoms with Crippen molar-refractivity contribution in [2.24, 2.45) is 0 Å².